The Morgan fingerprint density at radius 1 is 0.465 bits per heavy atom. The fourth-order valence-electron chi connectivity index (χ4n) is 6.44. The van der Waals surface area contributed by atoms with Gasteiger partial charge in [-0.3, -0.25) is 4.40 Å². The van der Waals surface area contributed by atoms with Crippen LogP contribution in [0.15, 0.2) is 152 Å². The molecular formula is C39H25N3S. The molecule has 0 amide bonds. The maximum Gasteiger partial charge on any atom is 0.195 e. The first-order valence-electron chi connectivity index (χ1n) is 14.5. The van der Waals surface area contributed by atoms with Gasteiger partial charge in [-0.15, -0.1) is 0 Å². The lowest BCUT2D eigenvalue weighted by Gasteiger charge is -2.10. The van der Waals surface area contributed by atoms with Gasteiger partial charge in [-0.2, -0.15) is 0 Å². The second kappa shape index (κ2) is 9.55. The van der Waals surface area contributed by atoms with Crippen LogP contribution in [0.2, 0.25) is 0 Å². The van der Waals surface area contributed by atoms with Gasteiger partial charge < -0.3 is 4.57 Å². The Kier molecular flexibility index (Phi) is 5.37. The van der Waals surface area contributed by atoms with E-state index >= 15 is 0 Å². The van der Waals surface area contributed by atoms with E-state index in [-0.39, 0.29) is 0 Å². The highest BCUT2D eigenvalue weighted by Gasteiger charge is 2.22. The third-order valence-electron chi connectivity index (χ3n) is 8.36. The molecule has 0 aliphatic heterocycles. The zero-order chi connectivity index (χ0) is 28.3. The number of aromatic nitrogens is 3. The molecule has 4 heteroatoms. The smallest absolute Gasteiger partial charge is 0.195 e. The van der Waals surface area contributed by atoms with Crippen LogP contribution < -0.4 is 0 Å². The molecule has 0 saturated heterocycles. The van der Waals surface area contributed by atoms with Crippen LogP contribution in [0.25, 0.3) is 76.3 Å². The lowest BCUT2D eigenvalue weighted by molar-refractivity contribution is 1.18. The summed E-state index contributed by atoms with van der Waals surface area (Å²) in [6.07, 6.45) is 0. The Morgan fingerprint density at radius 3 is 2.00 bits per heavy atom. The van der Waals surface area contributed by atoms with E-state index in [1.165, 1.54) is 43.1 Å². The van der Waals surface area contributed by atoms with Crippen LogP contribution in [0.1, 0.15) is 0 Å². The second-order valence-electron chi connectivity index (χ2n) is 10.9. The van der Waals surface area contributed by atoms with Gasteiger partial charge in [0.15, 0.2) is 4.96 Å². The number of nitrogens with zero attached hydrogens (tertiary/aromatic N) is 3. The maximum absolute atomic E-state index is 5.30. The Bertz CT molecular complexity index is 2450. The van der Waals surface area contributed by atoms with E-state index in [0.29, 0.717) is 0 Å². The van der Waals surface area contributed by atoms with Crippen molar-refractivity contribution in [2.45, 2.75) is 0 Å². The highest BCUT2D eigenvalue weighted by molar-refractivity contribution is 7.23. The summed E-state index contributed by atoms with van der Waals surface area (Å²) in [6.45, 7) is 0. The van der Waals surface area contributed by atoms with Gasteiger partial charge in [0.1, 0.15) is 0 Å². The largest absolute Gasteiger partial charge is 0.309 e. The standard InChI is InChI=1S/C39H25N3S/c1-3-12-26(13-4-1)27-14-11-15-28(24-27)37-38(42-35-20-9-10-21-36(35)43-39(42)40-37)29-22-23-34-32(25-29)31-18-7-8-19-33(31)41(34)30-16-5-2-6-17-30/h1-25H. The molecule has 0 unspecified atom stereocenters. The predicted molar refractivity (Wildman–Crippen MR) is 181 cm³/mol. The molecule has 9 aromatic rings. The summed E-state index contributed by atoms with van der Waals surface area (Å²) in [5.74, 6) is 0. The zero-order valence-corrected chi connectivity index (χ0v) is 24.0. The molecule has 0 N–H and O–H groups in total. The van der Waals surface area contributed by atoms with E-state index in [2.05, 4.69) is 161 Å². The molecule has 9 rings (SSSR count). The molecule has 3 nitrogen and oxygen atoms in total. The number of para-hydroxylation sites is 3. The van der Waals surface area contributed by atoms with Crippen LogP contribution in [0.4, 0.5) is 0 Å². The first kappa shape index (κ1) is 24.2. The van der Waals surface area contributed by atoms with Crippen molar-refractivity contribution in [1.82, 2.24) is 14.0 Å². The topological polar surface area (TPSA) is 22.2 Å². The van der Waals surface area contributed by atoms with Gasteiger partial charge in [0.2, 0.25) is 0 Å². The third-order valence-corrected chi connectivity index (χ3v) is 9.38. The maximum atomic E-state index is 5.30. The fraction of sp³-hybridized carbons (Fsp3) is 0. The number of hydrogen-bond acceptors (Lipinski definition) is 2. The minimum Gasteiger partial charge on any atom is -0.309 e. The van der Waals surface area contributed by atoms with Gasteiger partial charge >= 0.3 is 0 Å². The molecule has 0 saturated carbocycles. The molecule has 0 fully saturated rings. The van der Waals surface area contributed by atoms with Gasteiger partial charge in [-0.1, -0.05) is 114 Å². The molecule has 0 spiro atoms. The average molecular weight is 568 g/mol. The predicted octanol–water partition coefficient (Wildman–Crippen LogP) is 10.6. The van der Waals surface area contributed by atoms with Crippen molar-refractivity contribution in [2.24, 2.45) is 0 Å². The molecule has 43 heavy (non-hydrogen) atoms. The summed E-state index contributed by atoms with van der Waals surface area (Å²) in [5, 5.41) is 2.47. The van der Waals surface area contributed by atoms with Gasteiger partial charge in [-0.05, 0) is 59.7 Å². The Hall–Kier alpha value is -5.45. The van der Waals surface area contributed by atoms with Crippen LogP contribution in [0, 0.1) is 0 Å². The van der Waals surface area contributed by atoms with Crippen molar-refractivity contribution in [3.63, 3.8) is 0 Å². The number of fused-ring (bicyclic) bond motifs is 6. The van der Waals surface area contributed by atoms with Crippen LogP contribution in [0.3, 0.4) is 0 Å². The molecule has 0 aliphatic rings. The monoisotopic (exact) mass is 567 g/mol. The first-order chi connectivity index (χ1) is 21.3. The quantitative estimate of drug-likeness (QED) is 0.207. The molecule has 0 bridgehead atoms. The van der Waals surface area contributed by atoms with E-state index in [1.54, 1.807) is 11.3 Å². The van der Waals surface area contributed by atoms with Crippen molar-refractivity contribution in [2.75, 3.05) is 0 Å². The molecule has 0 atom stereocenters. The molecule has 202 valence electrons. The molecule has 0 aliphatic carbocycles. The molecule has 0 radical (unpaired) electrons. The third kappa shape index (κ3) is 3.77. The average Bonchev–Trinajstić information content (AvgIpc) is 3.73. The molecule has 6 aromatic carbocycles. The lowest BCUT2D eigenvalue weighted by atomic mass is 9.98. The molecule has 3 aromatic heterocycles. The lowest BCUT2D eigenvalue weighted by Crippen LogP contribution is -1.93. The van der Waals surface area contributed by atoms with Crippen molar-refractivity contribution in [3.8, 4) is 39.3 Å². The van der Waals surface area contributed by atoms with E-state index in [0.717, 1.165) is 33.2 Å². The number of benzene rings is 6. The molecule has 3 heterocycles. The van der Waals surface area contributed by atoms with Crippen LogP contribution in [-0.4, -0.2) is 14.0 Å². The van der Waals surface area contributed by atoms with E-state index in [1.807, 2.05) is 0 Å². The summed E-state index contributed by atoms with van der Waals surface area (Å²) in [7, 11) is 0. The minimum atomic E-state index is 1.00. The van der Waals surface area contributed by atoms with Crippen molar-refractivity contribution < 1.29 is 0 Å². The van der Waals surface area contributed by atoms with Crippen molar-refractivity contribution in [3.05, 3.63) is 152 Å². The van der Waals surface area contributed by atoms with Crippen molar-refractivity contribution in [1.29, 1.82) is 0 Å². The van der Waals surface area contributed by atoms with Gasteiger partial charge in [0.25, 0.3) is 0 Å². The number of rotatable bonds is 4. The Balaban J connectivity index is 1.34. The minimum absolute atomic E-state index is 1.00. The SMILES string of the molecule is c1ccc(-c2cccc(-c3nc4sc5ccccc5n4c3-c3ccc4c(c3)c3ccccc3n4-c3ccccc3)c2)cc1. The number of hydrogen-bond donors (Lipinski definition) is 0. The van der Waals surface area contributed by atoms with Gasteiger partial charge in [0.05, 0.1) is 32.6 Å². The molecular weight excluding hydrogens is 543 g/mol. The first-order valence-corrected chi connectivity index (χ1v) is 15.3. The summed E-state index contributed by atoms with van der Waals surface area (Å²) < 4.78 is 5.95. The van der Waals surface area contributed by atoms with Crippen LogP contribution >= 0.6 is 11.3 Å². The zero-order valence-electron chi connectivity index (χ0n) is 23.2. The van der Waals surface area contributed by atoms with E-state index in [9.17, 15) is 0 Å². The number of imidazole rings is 1. The van der Waals surface area contributed by atoms with E-state index < -0.39 is 0 Å². The highest BCUT2D eigenvalue weighted by atomic mass is 32.1. The van der Waals surface area contributed by atoms with Gasteiger partial charge in [-0.25, -0.2) is 4.98 Å². The summed E-state index contributed by atoms with van der Waals surface area (Å²) in [6, 6.07) is 54.2. The normalized spacial score (nSPS) is 11.7. The summed E-state index contributed by atoms with van der Waals surface area (Å²) >= 11 is 1.74. The second-order valence-corrected chi connectivity index (χ2v) is 11.9. The van der Waals surface area contributed by atoms with Crippen LogP contribution in [-0.2, 0) is 0 Å². The van der Waals surface area contributed by atoms with E-state index in [4.69, 9.17) is 4.98 Å². The summed E-state index contributed by atoms with van der Waals surface area (Å²) in [5.41, 5.74) is 11.5. The van der Waals surface area contributed by atoms with Gasteiger partial charge in [0, 0.05) is 27.6 Å². The number of thiazole rings is 1. The highest BCUT2D eigenvalue weighted by Crippen LogP contribution is 2.41. The summed E-state index contributed by atoms with van der Waals surface area (Å²) in [4.78, 5) is 6.31. The Labute approximate surface area is 252 Å². The Morgan fingerprint density at radius 2 is 1.14 bits per heavy atom. The fourth-order valence-corrected chi connectivity index (χ4v) is 7.46. The van der Waals surface area contributed by atoms with Crippen LogP contribution in [0.5, 0.6) is 0 Å². The van der Waals surface area contributed by atoms with Crippen molar-refractivity contribution >= 4 is 48.3 Å².